The molecule has 0 bridgehead atoms. The Labute approximate surface area is 190 Å². The highest BCUT2D eigenvalue weighted by molar-refractivity contribution is 7.89. The molecule has 1 saturated heterocycles. The number of anilines is 3. The quantitative estimate of drug-likeness (QED) is 0.596. The van der Waals surface area contributed by atoms with E-state index < -0.39 is 10.0 Å². The van der Waals surface area contributed by atoms with Gasteiger partial charge in [0.05, 0.1) is 5.02 Å². The molecule has 1 aliphatic heterocycles. The molecule has 0 aliphatic carbocycles. The minimum atomic E-state index is -3.74. The molecule has 0 radical (unpaired) electrons. The molecular formula is C20H20Cl2N6O2S. The van der Waals surface area contributed by atoms with Crippen LogP contribution in [0.25, 0.3) is 0 Å². The number of hydrogen-bond donors (Lipinski definition) is 1. The van der Waals surface area contributed by atoms with Crippen LogP contribution in [0, 0.1) is 6.92 Å². The average molecular weight is 479 g/mol. The number of benzene rings is 1. The summed E-state index contributed by atoms with van der Waals surface area (Å²) < 4.78 is 27.5. The summed E-state index contributed by atoms with van der Waals surface area (Å²) in [6.45, 7) is 3.39. The minimum Gasteiger partial charge on any atom is -0.354 e. The van der Waals surface area contributed by atoms with Crippen molar-refractivity contribution in [2.75, 3.05) is 36.4 Å². The summed E-state index contributed by atoms with van der Waals surface area (Å²) in [4.78, 5) is 15.2. The number of aromatic nitrogens is 3. The molecule has 3 heterocycles. The van der Waals surface area contributed by atoms with E-state index in [9.17, 15) is 8.42 Å². The van der Waals surface area contributed by atoms with Crippen LogP contribution in [0.5, 0.6) is 0 Å². The highest BCUT2D eigenvalue weighted by atomic mass is 35.5. The first-order valence-electron chi connectivity index (χ1n) is 9.57. The van der Waals surface area contributed by atoms with Gasteiger partial charge in [-0.3, -0.25) is 0 Å². The van der Waals surface area contributed by atoms with Crippen LogP contribution in [0.15, 0.2) is 53.6 Å². The lowest BCUT2D eigenvalue weighted by atomic mass is 10.3. The van der Waals surface area contributed by atoms with Crippen molar-refractivity contribution in [2.45, 2.75) is 11.8 Å². The summed E-state index contributed by atoms with van der Waals surface area (Å²) in [5.74, 6) is 2.64. The van der Waals surface area contributed by atoms with Crippen LogP contribution in [-0.2, 0) is 10.0 Å². The molecule has 11 heteroatoms. The molecule has 0 atom stereocenters. The number of pyridine rings is 1. The number of nitrogens with one attached hydrogen (secondary N) is 1. The van der Waals surface area contributed by atoms with E-state index >= 15 is 0 Å². The van der Waals surface area contributed by atoms with Crippen molar-refractivity contribution in [2.24, 2.45) is 0 Å². The fourth-order valence-corrected chi connectivity index (χ4v) is 5.48. The largest absolute Gasteiger partial charge is 0.354 e. The number of hydrogen-bond acceptors (Lipinski definition) is 7. The Balaban J connectivity index is 1.49. The molecule has 1 aromatic carbocycles. The molecule has 0 unspecified atom stereocenters. The van der Waals surface area contributed by atoms with E-state index in [4.69, 9.17) is 23.2 Å². The Morgan fingerprint density at radius 1 is 0.968 bits per heavy atom. The lowest BCUT2D eigenvalue weighted by Gasteiger charge is -2.35. The van der Waals surface area contributed by atoms with Crippen molar-refractivity contribution in [3.8, 4) is 0 Å². The molecule has 8 nitrogen and oxygen atoms in total. The van der Waals surface area contributed by atoms with E-state index in [0.717, 1.165) is 5.82 Å². The second-order valence-corrected chi connectivity index (χ2v) is 9.71. The second kappa shape index (κ2) is 8.96. The molecule has 4 rings (SSSR count). The number of aryl methyl sites for hydroxylation is 1. The summed E-state index contributed by atoms with van der Waals surface area (Å²) >= 11 is 12.1. The Hall–Kier alpha value is -2.46. The number of rotatable bonds is 5. The van der Waals surface area contributed by atoms with Crippen molar-refractivity contribution in [1.29, 1.82) is 0 Å². The first-order valence-corrected chi connectivity index (χ1v) is 11.8. The fourth-order valence-electron chi connectivity index (χ4n) is 3.32. The first kappa shape index (κ1) is 21.8. The van der Waals surface area contributed by atoms with E-state index in [0.29, 0.717) is 48.7 Å². The first-order chi connectivity index (χ1) is 14.8. The van der Waals surface area contributed by atoms with Gasteiger partial charge in [0.2, 0.25) is 10.0 Å². The maximum atomic E-state index is 13.0. The predicted molar refractivity (Wildman–Crippen MR) is 122 cm³/mol. The molecule has 0 saturated carbocycles. The van der Waals surface area contributed by atoms with E-state index in [1.807, 2.05) is 36.1 Å². The monoisotopic (exact) mass is 478 g/mol. The molecule has 1 fully saturated rings. The highest BCUT2D eigenvalue weighted by Crippen LogP contribution is 2.29. The van der Waals surface area contributed by atoms with Gasteiger partial charge in [-0.25, -0.2) is 23.4 Å². The van der Waals surface area contributed by atoms with Gasteiger partial charge in [-0.2, -0.15) is 4.31 Å². The summed E-state index contributed by atoms with van der Waals surface area (Å²) in [5.41, 5.74) is 0. The van der Waals surface area contributed by atoms with E-state index in [1.54, 1.807) is 12.3 Å². The smallest absolute Gasteiger partial charge is 0.244 e. The zero-order valence-corrected chi connectivity index (χ0v) is 19.0. The zero-order valence-electron chi connectivity index (χ0n) is 16.7. The second-order valence-electron chi connectivity index (χ2n) is 6.96. The molecule has 0 amide bonds. The van der Waals surface area contributed by atoms with Crippen LogP contribution in [0.1, 0.15) is 5.82 Å². The van der Waals surface area contributed by atoms with Gasteiger partial charge >= 0.3 is 0 Å². The predicted octanol–water partition coefficient (Wildman–Crippen LogP) is 3.74. The number of sulfonamides is 1. The summed E-state index contributed by atoms with van der Waals surface area (Å²) in [6.07, 6.45) is 1.70. The number of halogens is 2. The third kappa shape index (κ3) is 4.90. The molecular weight excluding hydrogens is 459 g/mol. The van der Waals surface area contributed by atoms with Crippen molar-refractivity contribution in [3.63, 3.8) is 0 Å². The summed E-state index contributed by atoms with van der Waals surface area (Å²) in [5, 5.41) is 3.65. The molecule has 3 aromatic rings. The minimum absolute atomic E-state index is 0.0230. The zero-order chi connectivity index (χ0) is 22.0. The van der Waals surface area contributed by atoms with Gasteiger partial charge in [0.1, 0.15) is 28.2 Å². The van der Waals surface area contributed by atoms with E-state index in [2.05, 4.69) is 20.3 Å². The molecule has 1 aliphatic rings. The Bertz CT molecular complexity index is 1190. The van der Waals surface area contributed by atoms with Gasteiger partial charge in [-0.05, 0) is 37.3 Å². The van der Waals surface area contributed by atoms with Crippen LogP contribution in [-0.4, -0.2) is 53.9 Å². The van der Waals surface area contributed by atoms with Crippen molar-refractivity contribution in [1.82, 2.24) is 19.3 Å². The van der Waals surface area contributed by atoms with Crippen molar-refractivity contribution in [3.05, 3.63) is 64.5 Å². The van der Waals surface area contributed by atoms with Crippen LogP contribution in [0.2, 0.25) is 10.0 Å². The van der Waals surface area contributed by atoms with Gasteiger partial charge < -0.3 is 10.2 Å². The van der Waals surface area contributed by atoms with Gasteiger partial charge in [0.25, 0.3) is 0 Å². The van der Waals surface area contributed by atoms with Gasteiger partial charge in [0, 0.05) is 43.5 Å². The number of nitrogens with zero attached hydrogens (tertiary/aromatic N) is 5. The Morgan fingerprint density at radius 3 is 2.45 bits per heavy atom. The number of piperazine rings is 1. The van der Waals surface area contributed by atoms with Crippen molar-refractivity contribution >= 4 is 50.7 Å². The van der Waals surface area contributed by atoms with Crippen LogP contribution < -0.4 is 10.2 Å². The third-order valence-electron chi connectivity index (χ3n) is 4.82. The average Bonchev–Trinajstić information content (AvgIpc) is 2.76. The fraction of sp³-hybridized carbons (Fsp3) is 0.250. The molecule has 2 aromatic heterocycles. The summed E-state index contributed by atoms with van der Waals surface area (Å²) in [7, 11) is -3.74. The van der Waals surface area contributed by atoms with E-state index in [1.165, 1.54) is 16.4 Å². The van der Waals surface area contributed by atoms with Gasteiger partial charge in [-0.15, -0.1) is 0 Å². The maximum absolute atomic E-state index is 13.0. The third-order valence-corrected chi connectivity index (χ3v) is 7.43. The molecule has 0 spiro atoms. The topological polar surface area (TPSA) is 91.3 Å². The van der Waals surface area contributed by atoms with Crippen LogP contribution >= 0.6 is 23.2 Å². The molecule has 31 heavy (non-hydrogen) atoms. The lowest BCUT2D eigenvalue weighted by Crippen LogP contribution is -2.49. The van der Waals surface area contributed by atoms with Crippen LogP contribution in [0.3, 0.4) is 0 Å². The normalized spacial score (nSPS) is 15.1. The lowest BCUT2D eigenvalue weighted by molar-refractivity contribution is 0.383. The molecule has 162 valence electrons. The Morgan fingerprint density at radius 2 is 1.74 bits per heavy atom. The Kier molecular flexibility index (Phi) is 6.29. The highest BCUT2D eigenvalue weighted by Gasteiger charge is 2.31. The SMILES string of the molecule is Cc1nc(Nc2ccccn2)cc(N2CCN(S(=O)(=O)c3cc(Cl)ccc3Cl)CC2)n1. The maximum Gasteiger partial charge on any atom is 0.244 e. The van der Waals surface area contributed by atoms with Crippen LogP contribution in [0.4, 0.5) is 17.5 Å². The van der Waals surface area contributed by atoms with Gasteiger partial charge in [-0.1, -0.05) is 29.3 Å². The van der Waals surface area contributed by atoms with E-state index in [-0.39, 0.29) is 9.92 Å². The van der Waals surface area contributed by atoms with Crippen molar-refractivity contribution < 1.29 is 8.42 Å². The summed E-state index contributed by atoms with van der Waals surface area (Å²) in [6, 6.07) is 11.8. The molecule has 1 N–H and O–H groups in total. The van der Waals surface area contributed by atoms with Gasteiger partial charge in [0.15, 0.2) is 0 Å². The standard InChI is InChI=1S/C20H20Cl2N6O2S/c1-14-24-19(26-18-4-2-3-7-23-18)13-20(25-14)27-8-10-28(11-9-27)31(29,30)17-12-15(21)5-6-16(17)22/h2-7,12-13H,8-11H2,1H3,(H,23,24,25,26).